The summed E-state index contributed by atoms with van der Waals surface area (Å²) in [4.78, 5) is 39.3. The molecule has 1 aromatic heterocycles. The van der Waals surface area contributed by atoms with Gasteiger partial charge in [0.2, 0.25) is 0 Å². The van der Waals surface area contributed by atoms with E-state index in [2.05, 4.69) is 10.3 Å². The Kier molecular flexibility index (Phi) is 6.02. The molecule has 0 aliphatic rings. The highest BCUT2D eigenvalue weighted by molar-refractivity contribution is 7.09. The lowest BCUT2D eigenvalue weighted by molar-refractivity contribution is -0.147. The van der Waals surface area contributed by atoms with Crippen molar-refractivity contribution >= 4 is 29.1 Å². The molecule has 0 spiro atoms. The number of nitrogens with zero attached hydrogens (tertiary/aromatic N) is 1. The molecule has 1 aromatic carbocycles. The van der Waals surface area contributed by atoms with Crippen LogP contribution in [0, 0.1) is 6.92 Å². The van der Waals surface area contributed by atoms with E-state index in [0.29, 0.717) is 17.0 Å². The zero-order valence-electron chi connectivity index (χ0n) is 13.2. The van der Waals surface area contributed by atoms with Crippen LogP contribution in [0.1, 0.15) is 21.1 Å². The monoisotopic (exact) mass is 348 g/mol. The van der Waals surface area contributed by atoms with Crippen molar-refractivity contribution in [3.63, 3.8) is 0 Å². The lowest BCUT2D eigenvalue weighted by Crippen LogP contribution is -2.34. The van der Waals surface area contributed by atoms with Crippen LogP contribution >= 0.6 is 11.3 Å². The van der Waals surface area contributed by atoms with Crippen molar-refractivity contribution in [1.29, 1.82) is 0 Å². The molecule has 126 valence electrons. The number of aryl methyl sites for hydroxylation is 1. The highest BCUT2D eigenvalue weighted by Gasteiger charge is 2.14. The summed E-state index contributed by atoms with van der Waals surface area (Å²) in [7, 11) is 1.51. The number of hydrogen-bond donors (Lipinski definition) is 1. The summed E-state index contributed by atoms with van der Waals surface area (Å²) in [5.41, 5.74) is 0.894. The number of methoxy groups -OCH3 is 1. The van der Waals surface area contributed by atoms with E-state index in [1.807, 2.05) is 6.92 Å². The van der Waals surface area contributed by atoms with E-state index in [1.54, 1.807) is 17.5 Å². The van der Waals surface area contributed by atoms with Gasteiger partial charge in [-0.05, 0) is 31.2 Å². The first-order valence-electron chi connectivity index (χ1n) is 7.03. The van der Waals surface area contributed by atoms with Gasteiger partial charge < -0.3 is 9.47 Å². The topological polar surface area (TPSA) is 94.6 Å². The average Bonchev–Trinajstić information content (AvgIpc) is 2.98. The summed E-state index contributed by atoms with van der Waals surface area (Å²) in [6, 6.07) is 6.26. The molecule has 0 saturated heterocycles. The Morgan fingerprint density at radius 3 is 2.50 bits per heavy atom. The number of benzene rings is 1. The van der Waals surface area contributed by atoms with Gasteiger partial charge in [-0.2, -0.15) is 0 Å². The fraction of sp³-hybridized carbons (Fsp3) is 0.250. The van der Waals surface area contributed by atoms with E-state index in [9.17, 15) is 14.4 Å². The van der Waals surface area contributed by atoms with Gasteiger partial charge in [-0.25, -0.2) is 4.98 Å². The molecule has 8 heteroatoms. The predicted octanol–water partition coefficient (Wildman–Crippen LogP) is 1.50. The maximum absolute atomic E-state index is 11.9. The van der Waals surface area contributed by atoms with Crippen LogP contribution in [0.4, 0.5) is 0 Å². The van der Waals surface area contributed by atoms with Crippen molar-refractivity contribution in [2.45, 2.75) is 13.3 Å². The summed E-state index contributed by atoms with van der Waals surface area (Å²) in [5.74, 6) is -1.25. The summed E-state index contributed by atoms with van der Waals surface area (Å²) in [6.45, 7) is 1.31. The molecule has 2 aromatic rings. The van der Waals surface area contributed by atoms with Crippen LogP contribution < -0.4 is 10.1 Å². The third-order valence-electron chi connectivity index (χ3n) is 2.96. The van der Waals surface area contributed by atoms with Gasteiger partial charge in [0, 0.05) is 10.9 Å². The molecule has 1 heterocycles. The molecule has 0 fully saturated rings. The highest BCUT2D eigenvalue weighted by Crippen LogP contribution is 2.11. The van der Waals surface area contributed by atoms with Crippen LogP contribution in [-0.4, -0.2) is 36.5 Å². The highest BCUT2D eigenvalue weighted by atomic mass is 32.1. The smallest absolute Gasteiger partial charge is 0.312 e. The second-order valence-electron chi connectivity index (χ2n) is 4.80. The second kappa shape index (κ2) is 8.21. The Hall–Kier alpha value is -2.74. The lowest BCUT2D eigenvalue weighted by atomic mass is 10.2. The molecular formula is C16H16N2O5S. The van der Waals surface area contributed by atoms with Gasteiger partial charge in [0.05, 0.1) is 24.2 Å². The predicted molar refractivity (Wildman–Crippen MR) is 87.0 cm³/mol. The molecule has 0 aliphatic carbocycles. The lowest BCUT2D eigenvalue weighted by Gasteiger charge is -2.06. The van der Waals surface area contributed by atoms with Gasteiger partial charge in [0.1, 0.15) is 5.75 Å². The zero-order chi connectivity index (χ0) is 17.5. The molecule has 2 rings (SSSR count). The SMILES string of the molecule is COc1ccc(C(=O)NC(=O)COC(=O)Cc2csc(C)n2)cc1. The van der Waals surface area contributed by atoms with Gasteiger partial charge in [-0.15, -0.1) is 11.3 Å². The van der Waals surface area contributed by atoms with Gasteiger partial charge in [0.15, 0.2) is 6.61 Å². The number of amides is 2. The Labute approximate surface area is 142 Å². The molecule has 0 radical (unpaired) electrons. The van der Waals surface area contributed by atoms with Crippen molar-refractivity contribution in [3.05, 3.63) is 45.9 Å². The van der Waals surface area contributed by atoms with Crippen LogP contribution in [0.2, 0.25) is 0 Å². The largest absolute Gasteiger partial charge is 0.497 e. The fourth-order valence-electron chi connectivity index (χ4n) is 1.81. The average molecular weight is 348 g/mol. The Balaban J connectivity index is 1.77. The molecule has 0 atom stereocenters. The van der Waals surface area contributed by atoms with Gasteiger partial charge in [-0.1, -0.05) is 0 Å². The Bertz CT molecular complexity index is 739. The Morgan fingerprint density at radius 2 is 1.92 bits per heavy atom. The first-order chi connectivity index (χ1) is 11.5. The normalized spacial score (nSPS) is 10.1. The van der Waals surface area contributed by atoms with Crippen LogP contribution in [0.5, 0.6) is 5.75 Å². The van der Waals surface area contributed by atoms with Crippen molar-refractivity contribution in [2.24, 2.45) is 0 Å². The number of carbonyl (C=O) groups excluding carboxylic acids is 3. The fourth-order valence-corrected chi connectivity index (χ4v) is 2.42. The van der Waals surface area contributed by atoms with Crippen LogP contribution in [0.3, 0.4) is 0 Å². The zero-order valence-corrected chi connectivity index (χ0v) is 14.0. The molecule has 2 amide bonds. The molecule has 1 N–H and O–H groups in total. The minimum atomic E-state index is -0.696. The van der Waals surface area contributed by atoms with Gasteiger partial charge >= 0.3 is 5.97 Å². The van der Waals surface area contributed by atoms with E-state index in [1.165, 1.54) is 30.6 Å². The van der Waals surface area contributed by atoms with Crippen molar-refractivity contribution < 1.29 is 23.9 Å². The minimum Gasteiger partial charge on any atom is -0.497 e. The summed E-state index contributed by atoms with van der Waals surface area (Å²) < 4.78 is 9.82. The number of aromatic nitrogens is 1. The molecular weight excluding hydrogens is 332 g/mol. The minimum absolute atomic E-state index is 0.00987. The van der Waals surface area contributed by atoms with Gasteiger partial charge in [0.25, 0.3) is 11.8 Å². The maximum atomic E-state index is 11.9. The second-order valence-corrected chi connectivity index (χ2v) is 5.86. The number of hydrogen-bond acceptors (Lipinski definition) is 7. The number of esters is 1. The molecule has 24 heavy (non-hydrogen) atoms. The molecule has 0 unspecified atom stereocenters. The number of imide groups is 1. The maximum Gasteiger partial charge on any atom is 0.312 e. The number of thiazole rings is 1. The van der Waals surface area contributed by atoms with Crippen LogP contribution in [-0.2, 0) is 20.7 Å². The first-order valence-corrected chi connectivity index (χ1v) is 7.90. The van der Waals surface area contributed by atoms with Crippen LogP contribution in [0.25, 0.3) is 0 Å². The van der Waals surface area contributed by atoms with Crippen molar-refractivity contribution in [2.75, 3.05) is 13.7 Å². The summed E-state index contributed by atoms with van der Waals surface area (Å²) >= 11 is 1.43. The number of carbonyl (C=O) groups is 3. The summed E-state index contributed by atoms with van der Waals surface area (Å²) in [6.07, 6.45) is -0.00987. The van der Waals surface area contributed by atoms with Crippen molar-refractivity contribution in [1.82, 2.24) is 10.3 Å². The first kappa shape index (κ1) is 17.6. The van der Waals surface area contributed by atoms with E-state index in [0.717, 1.165) is 5.01 Å². The van der Waals surface area contributed by atoms with E-state index >= 15 is 0 Å². The molecule has 0 saturated carbocycles. The van der Waals surface area contributed by atoms with E-state index in [4.69, 9.17) is 9.47 Å². The van der Waals surface area contributed by atoms with E-state index in [-0.39, 0.29) is 6.42 Å². The third-order valence-corrected chi connectivity index (χ3v) is 3.78. The number of rotatable bonds is 6. The molecule has 7 nitrogen and oxygen atoms in total. The molecule has 0 bridgehead atoms. The third kappa shape index (κ3) is 5.17. The standard InChI is InChI=1S/C16H16N2O5S/c1-10-17-12(9-24-10)7-15(20)23-8-14(19)18-16(21)11-3-5-13(22-2)6-4-11/h3-6,9H,7-8H2,1-2H3,(H,18,19,21). The van der Waals surface area contributed by atoms with Crippen molar-refractivity contribution in [3.8, 4) is 5.75 Å². The number of ether oxygens (including phenoxy) is 2. The Morgan fingerprint density at radius 1 is 1.21 bits per heavy atom. The number of nitrogens with one attached hydrogen (secondary N) is 1. The summed E-state index contributed by atoms with van der Waals surface area (Å²) in [5, 5.41) is 4.75. The molecule has 0 aliphatic heterocycles. The van der Waals surface area contributed by atoms with Crippen LogP contribution in [0.15, 0.2) is 29.6 Å². The van der Waals surface area contributed by atoms with Gasteiger partial charge in [-0.3, -0.25) is 19.7 Å². The van der Waals surface area contributed by atoms with E-state index < -0.39 is 24.4 Å². The quantitative estimate of drug-likeness (QED) is 0.795.